The maximum absolute atomic E-state index is 5.05. The summed E-state index contributed by atoms with van der Waals surface area (Å²) in [5, 5.41) is 3.45. The minimum Gasteiger partial charge on any atom is -0.385 e. The minimum atomic E-state index is 0.545. The zero-order chi connectivity index (χ0) is 8.10. The van der Waals surface area contributed by atoms with Gasteiger partial charge >= 0.3 is 0 Å². The van der Waals surface area contributed by atoms with E-state index in [2.05, 4.69) is 12.2 Å². The van der Waals surface area contributed by atoms with Crippen LogP contribution in [0.5, 0.6) is 0 Å². The third-order valence-corrected chi connectivity index (χ3v) is 1.91. The van der Waals surface area contributed by atoms with Crippen LogP contribution in [-0.4, -0.2) is 39.0 Å². The lowest BCUT2D eigenvalue weighted by Gasteiger charge is -2.30. The molecule has 1 unspecified atom stereocenters. The molecule has 1 fully saturated rings. The van der Waals surface area contributed by atoms with Gasteiger partial charge in [0.05, 0.1) is 19.3 Å². The van der Waals surface area contributed by atoms with Crippen LogP contribution >= 0.6 is 0 Å². The molecule has 3 nitrogen and oxygen atoms in total. The molecule has 0 bridgehead atoms. The van der Waals surface area contributed by atoms with Crippen molar-refractivity contribution in [3.05, 3.63) is 0 Å². The SMILES string of the molecule is COCCC(C)NC1COC1. The molecule has 1 aliphatic rings. The Morgan fingerprint density at radius 3 is 2.82 bits per heavy atom. The smallest absolute Gasteiger partial charge is 0.0643 e. The Kier molecular flexibility index (Phi) is 3.83. The van der Waals surface area contributed by atoms with E-state index in [9.17, 15) is 0 Å². The van der Waals surface area contributed by atoms with E-state index in [1.165, 1.54) is 0 Å². The Bertz CT molecular complexity index is 104. The Balaban J connectivity index is 1.95. The van der Waals surface area contributed by atoms with E-state index >= 15 is 0 Å². The normalized spacial score (nSPS) is 21.3. The minimum absolute atomic E-state index is 0.545. The first-order valence-electron chi connectivity index (χ1n) is 4.15. The van der Waals surface area contributed by atoms with Gasteiger partial charge in [-0.15, -0.1) is 0 Å². The van der Waals surface area contributed by atoms with Crippen molar-refractivity contribution >= 4 is 0 Å². The fraction of sp³-hybridized carbons (Fsp3) is 1.00. The van der Waals surface area contributed by atoms with Crippen LogP contribution in [0.3, 0.4) is 0 Å². The Labute approximate surface area is 68.1 Å². The van der Waals surface area contributed by atoms with E-state index in [0.717, 1.165) is 26.2 Å². The summed E-state index contributed by atoms with van der Waals surface area (Å²) < 4.78 is 10.0. The highest BCUT2D eigenvalue weighted by atomic mass is 16.5. The number of hydrogen-bond acceptors (Lipinski definition) is 3. The molecule has 0 spiro atoms. The maximum atomic E-state index is 5.05. The van der Waals surface area contributed by atoms with Gasteiger partial charge in [0.1, 0.15) is 0 Å². The third kappa shape index (κ3) is 3.18. The van der Waals surface area contributed by atoms with Crippen LogP contribution in [0.1, 0.15) is 13.3 Å². The summed E-state index contributed by atoms with van der Waals surface area (Å²) in [6, 6.07) is 1.13. The quantitative estimate of drug-likeness (QED) is 0.630. The second-order valence-electron chi connectivity index (χ2n) is 3.08. The standard InChI is InChI=1S/C8H17NO2/c1-7(3-4-10-2)9-8-5-11-6-8/h7-9H,3-6H2,1-2H3. The molecule has 1 atom stereocenters. The first-order chi connectivity index (χ1) is 5.33. The van der Waals surface area contributed by atoms with E-state index < -0.39 is 0 Å². The molecular formula is C8H17NO2. The first kappa shape index (κ1) is 8.97. The average molecular weight is 159 g/mol. The highest BCUT2D eigenvalue weighted by Gasteiger charge is 2.19. The lowest BCUT2D eigenvalue weighted by molar-refractivity contribution is -0.0105. The van der Waals surface area contributed by atoms with Crippen LogP contribution in [-0.2, 0) is 9.47 Å². The van der Waals surface area contributed by atoms with Crippen molar-refractivity contribution < 1.29 is 9.47 Å². The van der Waals surface area contributed by atoms with E-state index in [0.29, 0.717) is 12.1 Å². The van der Waals surface area contributed by atoms with E-state index in [1.54, 1.807) is 7.11 Å². The molecule has 1 heterocycles. The summed E-state index contributed by atoms with van der Waals surface area (Å²) in [6.45, 7) is 4.76. The molecule has 1 rings (SSSR count). The second kappa shape index (κ2) is 4.70. The van der Waals surface area contributed by atoms with Crippen molar-refractivity contribution in [2.24, 2.45) is 0 Å². The molecule has 0 amide bonds. The van der Waals surface area contributed by atoms with Crippen LogP contribution in [0, 0.1) is 0 Å². The highest BCUT2D eigenvalue weighted by molar-refractivity contribution is 4.76. The monoisotopic (exact) mass is 159 g/mol. The van der Waals surface area contributed by atoms with Crippen molar-refractivity contribution in [1.29, 1.82) is 0 Å². The van der Waals surface area contributed by atoms with E-state index in [-0.39, 0.29) is 0 Å². The molecule has 1 aliphatic heterocycles. The van der Waals surface area contributed by atoms with Crippen LogP contribution in [0.15, 0.2) is 0 Å². The Morgan fingerprint density at radius 2 is 2.36 bits per heavy atom. The van der Waals surface area contributed by atoms with Gasteiger partial charge in [-0.05, 0) is 13.3 Å². The van der Waals surface area contributed by atoms with Gasteiger partial charge in [0.2, 0.25) is 0 Å². The number of ether oxygens (including phenoxy) is 2. The van der Waals surface area contributed by atoms with Crippen molar-refractivity contribution in [3.8, 4) is 0 Å². The van der Waals surface area contributed by atoms with Gasteiger partial charge in [0, 0.05) is 19.8 Å². The molecule has 0 saturated carbocycles. The molecule has 1 N–H and O–H groups in total. The Morgan fingerprint density at radius 1 is 1.64 bits per heavy atom. The van der Waals surface area contributed by atoms with Crippen molar-refractivity contribution in [2.45, 2.75) is 25.4 Å². The fourth-order valence-electron chi connectivity index (χ4n) is 1.11. The second-order valence-corrected chi connectivity index (χ2v) is 3.08. The average Bonchev–Trinajstić information content (AvgIpc) is 1.93. The lowest BCUT2D eigenvalue weighted by atomic mass is 10.2. The summed E-state index contributed by atoms with van der Waals surface area (Å²) >= 11 is 0. The van der Waals surface area contributed by atoms with Crippen molar-refractivity contribution in [1.82, 2.24) is 5.32 Å². The fourth-order valence-corrected chi connectivity index (χ4v) is 1.11. The molecule has 0 aromatic rings. The zero-order valence-electron chi connectivity index (χ0n) is 7.30. The topological polar surface area (TPSA) is 30.5 Å². The van der Waals surface area contributed by atoms with Gasteiger partial charge in [0.25, 0.3) is 0 Å². The largest absolute Gasteiger partial charge is 0.385 e. The maximum Gasteiger partial charge on any atom is 0.0643 e. The van der Waals surface area contributed by atoms with Gasteiger partial charge in [-0.1, -0.05) is 0 Å². The summed E-state index contributed by atoms with van der Waals surface area (Å²) in [5.41, 5.74) is 0. The van der Waals surface area contributed by atoms with E-state index in [1.807, 2.05) is 0 Å². The van der Waals surface area contributed by atoms with Gasteiger partial charge in [-0.2, -0.15) is 0 Å². The van der Waals surface area contributed by atoms with Crippen LogP contribution in [0.2, 0.25) is 0 Å². The highest BCUT2D eigenvalue weighted by Crippen LogP contribution is 2.02. The number of rotatable bonds is 5. The summed E-state index contributed by atoms with van der Waals surface area (Å²) in [4.78, 5) is 0. The van der Waals surface area contributed by atoms with Crippen molar-refractivity contribution in [2.75, 3.05) is 26.9 Å². The summed E-state index contributed by atoms with van der Waals surface area (Å²) in [7, 11) is 1.74. The predicted molar refractivity (Wildman–Crippen MR) is 43.7 cm³/mol. The number of nitrogens with one attached hydrogen (secondary N) is 1. The molecule has 0 radical (unpaired) electrons. The van der Waals surface area contributed by atoms with Crippen molar-refractivity contribution in [3.63, 3.8) is 0 Å². The molecule has 0 aliphatic carbocycles. The van der Waals surface area contributed by atoms with Crippen LogP contribution < -0.4 is 5.32 Å². The molecule has 1 saturated heterocycles. The summed E-state index contributed by atoms with van der Waals surface area (Å²) in [5.74, 6) is 0. The van der Waals surface area contributed by atoms with Gasteiger partial charge in [0.15, 0.2) is 0 Å². The van der Waals surface area contributed by atoms with E-state index in [4.69, 9.17) is 9.47 Å². The molecule has 0 aromatic heterocycles. The molecule has 0 aromatic carbocycles. The predicted octanol–water partition coefficient (Wildman–Crippen LogP) is 0.400. The zero-order valence-corrected chi connectivity index (χ0v) is 7.30. The van der Waals surface area contributed by atoms with Gasteiger partial charge in [-0.3, -0.25) is 0 Å². The third-order valence-electron chi connectivity index (χ3n) is 1.91. The molecule has 3 heteroatoms. The van der Waals surface area contributed by atoms with Crippen LogP contribution in [0.4, 0.5) is 0 Å². The molecular weight excluding hydrogens is 142 g/mol. The van der Waals surface area contributed by atoms with Crippen LogP contribution in [0.25, 0.3) is 0 Å². The summed E-state index contributed by atoms with van der Waals surface area (Å²) in [6.07, 6.45) is 1.08. The lowest BCUT2D eigenvalue weighted by Crippen LogP contribution is -2.49. The number of methoxy groups -OCH3 is 1. The molecule has 11 heavy (non-hydrogen) atoms. The number of hydrogen-bond donors (Lipinski definition) is 1. The first-order valence-corrected chi connectivity index (χ1v) is 4.15. The van der Waals surface area contributed by atoms with Gasteiger partial charge < -0.3 is 14.8 Å². The Hall–Kier alpha value is -0.120. The molecule has 66 valence electrons. The van der Waals surface area contributed by atoms with Gasteiger partial charge in [-0.25, -0.2) is 0 Å².